The van der Waals surface area contributed by atoms with Crippen molar-refractivity contribution in [2.75, 3.05) is 18.5 Å². The summed E-state index contributed by atoms with van der Waals surface area (Å²) < 4.78 is 5.41. The Balaban J connectivity index is 1.74. The molecule has 6 nitrogen and oxygen atoms in total. The summed E-state index contributed by atoms with van der Waals surface area (Å²) in [6, 6.07) is 14.2. The highest BCUT2D eigenvalue weighted by Gasteiger charge is 2.35. The van der Waals surface area contributed by atoms with E-state index in [4.69, 9.17) is 16.3 Å². The smallest absolute Gasteiger partial charge is 0.238 e. The van der Waals surface area contributed by atoms with Gasteiger partial charge in [-0.1, -0.05) is 23.4 Å². The Morgan fingerprint density at radius 2 is 1.90 bits per heavy atom. The van der Waals surface area contributed by atoms with E-state index in [1.165, 1.54) is 11.8 Å². The predicted octanol–water partition coefficient (Wildman–Crippen LogP) is 4.72. The van der Waals surface area contributed by atoms with Crippen molar-refractivity contribution in [1.29, 1.82) is 0 Å². The topological polar surface area (TPSA) is 71.0 Å². The summed E-state index contributed by atoms with van der Waals surface area (Å²) in [6.07, 6.45) is 0.126. The lowest BCUT2D eigenvalue weighted by Gasteiger charge is -2.30. The number of carbonyl (C=O) groups is 2. The average Bonchev–Trinajstić information content (AvgIpc) is 2.71. The maximum atomic E-state index is 12.8. The molecule has 2 amide bonds. The number of amidine groups is 1. The monoisotopic (exact) mass is 431 g/mol. The van der Waals surface area contributed by atoms with Gasteiger partial charge in [0, 0.05) is 23.7 Å². The maximum Gasteiger partial charge on any atom is 0.238 e. The van der Waals surface area contributed by atoms with Gasteiger partial charge in [0.05, 0.1) is 12.3 Å². The molecular weight excluding hydrogens is 410 g/mol. The quantitative estimate of drug-likeness (QED) is 0.718. The van der Waals surface area contributed by atoms with Gasteiger partial charge in [0.2, 0.25) is 11.8 Å². The first-order valence-electron chi connectivity index (χ1n) is 9.35. The minimum absolute atomic E-state index is 0.120. The van der Waals surface area contributed by atoms with Gasteiger partial charge in [-0.15, -0.1) is 0 Å². The molecule has 1 atom stereocenters. The van der Waals surface area contributed by atoms with Crippen LogP contribution in [0.4, 0.5) is 11.4 Å². The fourth-order valence-corrected chi connectivity index (χ4v) is 4.09. The second-order valence-electron chi connectivity index (χ2n) is 6.27. The number of halogens is 1. The lowest BCUT2D eigenvalue weighted by Crippen LogP contribution is -2.45. The lowest BCUT2D eigenvalue weighted by atomic mass is 10.2. The molecule has 0 bridgehead atoms. The molecule has 1 saturated heterocycles. The summed E-state index contributed by atoms with van der Waals surface area (Å²) in [5, 5.41) is 3.44. The van der Waals surface area contributed by atoms with Crippen LogP contribution in [-0.4, -0.2) is 40.3 Å². The number of hydrogen-bond acceptors (Lipinski definition) is 5. The van der Waals surface area contributed by atoms with E-state index in [2.05, 4.69) is 10.3 Å². The first kappa shape index (κ1) is 21.2. The van der Waals surface area contributed by atoms with Gasteiger partial charge in [0.25, 0.3) is 0 Å². The van der Waals surface area contributed by atoms with Crippen LogP contribution in [0.5, 0.6) is 5.75 Å². The molecule has 2 aromatic rings. The third kappa shape index (κ3) is 5.52. The van der Waals surface area contributed by atoms with Gasteiger partial charge in [-0.2, -0.15) is 0 Å². The van der Waals surface area contributed by atoms with Crippen LogP contribution < -0.4 is 10.1 Å². The Bertz CT molecular complexity index is 900. The van der Waals surface area contributed by atoms with Crippen molar-refractivity contribution < 1.29 is 14.3 Å². The molecule has 0 aromatic heterocycles. The number of carbonyl (C=O) groups excluding carboxylic acids is 2. The Labute approximate surface area is 179 Å². The van der Waals surface area contributed by atoms with E-state index in [0.29, 0.717) is 34.7 Å². The molecule has 1 heterocycles. The molecular formula is C21H22ClN3O3S. The molecule has 0 radical (unpaired) electrons. The summed E-state index contributed by atoms with van der Waals surface area (Å²) in [4.78, 5) is 31.5. The Kier molecular flexibility index (Phi) is 7.17. The van der Waals surface area contributed by atoms with Gasteiger partial charge < -0.3 is 10.1 Å². The van der Waals surface area contributed by atoms with E-state index in [1.54, 1.807) is 53.4 Å². The van der Waals surface area contributed by atoms with Crippen molar-refractivity contribution >= 4 is 51.7 Å². The Hall–Kier alpha value is -2.51. The number of aliphatic imine (C=N–C) groups is 1. The van der Waals surface area contributed by atoms with Crippen LogP contribution in [0.15, 0.2) is 53.5 Å². The molecule has 1 aliphatic rings. The van der Waals surface area contributed by atoms with Crippen molar-refractivity contribution in [3.05, 3.63) is 53.6 Å². The molecule has 29 heavy (non-hydrogen) atoms. The molecule has 2 aromatic carbocycles. The SMILES string of the molecule is CCOc1ccc(NC(=O)[C@@H]2CC(=O)N(CC)C(=Nc3ccc(Cl)cc3)S2)cc1. The highest BCUT2D eigenvalue weighted by atomic mass is 35.5. The molecule has 1 aliphatic heterocycles. The standard InChI is InChI=1S/C21H22ClN3O3S/c1-3-25-19(26)13-18(29-21(25)24-16-7-5-14(22)6-8-16)20(27)23-15-9-11-17(12-10-15)28-4-2/h5-12,18H,3-4,13H2,1-2H3,(H,23,27)/t18-/m0/s1. The van der Waals surface area contributed by atoms with E-state index in [1.807, 2.05) is 13.8 Å². The van der Waals surface area contributed by atoms with Crippen LogP contribution in [0.2, 0.25) is 5.02 Å². The first-order chi connectivity index (χ1) is 14.0. The van der Waals surface area contributed by atoms with E-state index >= 15 is 0 Å². The number of rotatable bonds is 6. The number of thioether (sulfide) groups is 1. The number of hydrogen-bond donors (Lipinski definition) is 1. The summed E-state index contributed by atoms with van der Waals surface area (Å²) in [7, 11) is 0. The molecule has 0 unspecified atom stereocenters. The zero-order valence-electron chi connectivity index (χ0n) is 16.2. The third-order valence-electron chi connectivity index (χ3n) is 4.23. The van der Waals surface area contributed by atoms with Crippen molar-refractivity contribution in [2.45, 2.75) is 25.5 Å². The number of benzene rings is 2. The third-order valence-corrected chi connectivity index (χ3v) is 5.67. The number of anilines is 1. The predicted molar refractivity (Wildman–Crippen MR) is 118 cm³/mol. The minimum atomic E-state index is -0.553. The molecule has 152 valence electrons. The Morgan fingerprint density at radius 3 is 2.52 bits per heavy atom. The van der Waals surface area contributed by atoms with E-state index in [-0.39, 0.29) is 18.2 Å². The van der Waals surface area contributed by atoms with Crippen LogP contribution in [0.25, 0.3) is 0 Å². The zero-order chi connectivity index (χ0) is 20.8. The van der Waals surface area contributed by atoms with Crippen molar-refractivity contribution in [3.63, 3.8) is 0 Å². The van der Waals surface area contributed by atoms with Crippen molar-refractivity contribution in [2.24, 2.45) is 4.99 Å². The van der Waals surface area contributed by atoms with Crippen LogP contribution in [0.1, 0.15) is 20.3 Å². The molecule has 1 N–H and O–H groups in total. The summed E-state index contributed by atoms with van der Waals surface area (Å²) in [5.41, 5.74) is 1.33. The zero-order valence-corrected chi connectivity index (χ0v) is 17.8. The van der Waals surface area contributed by atoms with Crippen LogP contribution in [0, 0.1) is 0 Å². The molecule has 8 heteroatoms. The number of nitrogens with zero attached hydrogens (tertiary/aromatic N) is 2. The Morgan fingerprint density at radius 1 is 1.21 bits per heavy atom. The van der Waals surface area contributed by atoms with E-state index in [0.717, 1.165) is 5.75 Å². The second kappa shape index (κ2) is 9.80. The first-order valence-corrected chi connectivity index (χ1v) is 10.6. The normalized spacial score (nSPS) is 18.0. The fourth-order valence-electron chi connectivity index (χ4n) is 2.80. The van der Waals surface area contributed by atoms with Gasteiger partial charge in [0.1, 0.15) is 11.0 Å². The largest absolute Gasteiger partial charge is 0.494 e. The van der Waals surface area contributed by atoms with Gasteiger partial charge in [0.15, 0.2) is 5.17 Å². The fraction of sp³-hybridized carbons (Fsp3) is 0.286. The highest BCUT2D eigenvalue weighted by Crippen LogP contribution is 2.30. The van der Waals surface area contributed by atoms with Gasteiger partial charge in [-0.25, -0.2) is 4.99 Å². The molecule has 0 aliphatic carbocycles. The molecule has 3 rings (SSSR count). The molecule has 1 fully saturated rings. The summed E-state index contributed by atoms with van der Waals surface area (Å²) in [5.74, 6) is 0.390. The van der Waals surface area contributed by atoms with Gasteiger partial charge in [-0.3, -0.25) is 14.5 Å². The summed E-state index contributed by atoms with van der Waals surface area (Å²) in [6.45, 7) is 4.87. The highest BCUT2D eigenvalue weighted by molar-refractivity contribution is 8.15. The number of nitrogens with one attached hydrogen (secondary N) is 1. The minimum Gasteiger partial charge on any atom is -0.494 e. The van der Waals surface area contributed by atoms with Crippen LogP contribution >= 0.6 is 23.4 Å². The molecule has 0 saturated carbocycles. The number of amides is 2. The van der Waals surface area contributed by atoms with E-state index < -0.39 is 5.25 Å². The maximum absolute atomic E-state index is 12.8. The van der Waals surface area contributed by atoms with Crippen LogP contribution in [0.3, 0.4) is 0 Å². The lowest BCUT2D eigenvalue weighted by molar-refractivity contribution is -0.129. The second-order valence-corrected chi connectivity index (χ2v) is 7.87. The van der Waals surface area contributed by atoms with Gasteiger partial charge >= 0.3 is 0 Å². The number of ether oxygens (including phenoxy) is 1. The molecule has 0 spiro atoms. The van der Waals surface area contributed by atoms with Crippen molar-refractivity contribution in [3.8, 4) is 5.75 Å². The summed E-state index contributed by atoms with van der Waals surface area (Å²) >= 11 is 7.21. The van der Waals surface area contributed by atoms with Crippen molar-refractivity contribution in [1.82, 2.24) is 4.90 Å². The van der Waals surface area contributed by atoms with E-state index in [9.17, 15) is 9.59 Å². The van der Waals surface area contributed by atoms with Crippen LogP contribution in [-0.2, 0) is 9.59 Å². The average molecular weight is 432 g/mol. The van der Waals surface area contributed by atoms with Gasteiger partial charge in [-0.05, 0) is 62.4 Å².